The number of hydrogen-bond acceptors (Lipinski definition) is 7. The average molecular weight is 398 g/mol. The van der Waals surface area contributed by atoms with E-state index in [1.165, 1.54) is 17.6 Å². The summed E-state index contributed by atoms with van der Waals surface area (Å²) in [6.45, 7) is 2.19. The van der Waals surface area contributed by atoms with Crippen LogP contribution in [-0.2, 0) is 0 Å². The number of anilines is 2. The highest BCUT2D eigenvalue weighted by Crippen LogP contribution is 2.27. The van der Waals surface area contributed by atoms with Crippen LogP contribution in [0.1, 0.15) is 20.2 Å². The molecule has 1 saturated heterocycles. The molecule has 9 heteroatoms. The van der Waals surface area contributed by atoms with Gasteiger partial charge < -0.3 is 19.3 Å². The summed E-state index contributed by atoms with van der Waals surface area (Å²) < 4.78 is 5.22. The van der Waals surface area contributed by atoms with Gasteiger partial charge in [-0.25, -0.2) is 0 Å². The molecule has 0 radical (unpaired) electrons. The molecule has 144 valence electrons. The molecule has 1 aromatic carbocycles. The number of para-hydroxylation sites is 2. The topological polar surface area (TPSA) is 98.9 Å². The van der Waals surface area contributed by atoms with Crippen molar-refractivity contribution in [2.24, 2.45) is 0 Å². The van der Waals surface area contributed by atoms with Gasteiger partial charge in [0.2, 0.25) is 0 Å². The number of aromatic nitrogens is 1. The van der Waals surface area contributed by atoms with Crippen molar-refractivity contribution in [1.82, 2.24) is 9.88 Å². The minimum atomic E-state index is -0.327. The average Bonchev–Trinajstić information content (AvgIpc) is 3.40. The third-order valence-corrected chi connectivity index (χ3v) is 5.35. The Labute approximate surface area is 165 Å². The number of hydrogen-bond donors (Lipinski definition) is 2. The highest BCUT2D eigenvalue weighted by atomic mass is 32.1. The first-order valence-corrected chi connectivity index (χ1v) is 9.62. The molecule has 0 bridgehead atoms. The predicted molar refractivity (Wildman–Crippen MR) is 105 cm³/mol. The second kappa shape index (κ2) is 7.73. The summed E-state index contributed by atoms with van der Waals surface area (Å²) >= 11 is 1.31. The summed E-state index contributed by atoms with van der Waals surface area (Å²) in [7, 11) is 0. The maximum absolute atomic E-state index is 12.7. The molecule has 1 aliphatic heterocycles. The van der Waals surface area contributed by atoms with Crippen molar-refractivity contribution in [2.45, 2.75) is 0 Å². The minimum absolute atomic E-state index is 0.00501. The van der Waals surface area contributed by atoms with Crippen molar-refractivity contribution in [3.05, 3.63) is 58.6 Å². The zero-order chi connectivity index (χ0) is 19.5. The van der Waals surface area contributed by atoms with Gasteiger partial charge in [0, 0.05) is 26.2 Å². The van der Waals surface area contributed by atoms with Crippen molar-refractivity contribution in [2.75, 3.05) is 36.4 Å². The van der Waals surface area contributed by atoms with Gasteiger partial charge in [0.25, 0.3) is 11.8 Å². The molecule has 0 saturated carbocycles. The van der Waals surface area contributed by atoms with Gasteiger partial charge in [0.15, 0.2) is 5.69 Å². The smallest absolute Gasteiger partial charge is 0.302 e. The Morgan fingerprint density at radius 3 is 2.61 bits per heavy atom. The van der Waals surface area contributed by atoms with E-state index >= 15 is 0 Å². The molecule has 1 fully saturated rings. The molecule has 1 aliphatic rings. The van der Waals surface area contributed by atoms with Crippen LogP contribution in [0.25, 0.3) is 0 Å². The van der Waals surface area contributed by atoms with Crippen LogP contribution in [0.2, 0.25) is 0 Å². The fourth-order valence-electron chi connectivity index (χ4n) is 3.04. The Balaban J connectivity index is 1.36. The normalized spacial score (nSPS) is 14.1. The van der Waals surface area contributed by atoms with Gasteiger partial charge in [-0.2, -0.15) is 4.98 Å². The van der Waals surface area contributed by atoms with E-state index in [0.29, 0.717) is 31.1 Å². The maximum atomic E-state index is 12.7. The number of benzene rings is 1. The number of phenolic OH excluding ortho intramolecular Hbond substituents is 1. The number of thiophene rings is 1. The zero-order valence-corrected chi connectivity index (χ0v) is 15.7. The summed E-state index contributed by atoms with van der Waals surface area (Å²) in [6.07, 6.45) is 1.25. The van der Waals surface area contributed by atoms with Crippen molar-refractivity contribution in [3.8, 4) is 5.75 Å². The molecular formula is C19H18N4O4S. The van der Waals surface area contributed by atoms with E-state index < -0.39 is 0 Å². The van der Waals surface area contributed by atoms with Crippen molar-refractivity contribution < 1.29 is 19.1 Å². The third-order valence-electron chi connectivity index (χ3n) is 4.48. The lowest BCUT2D eigenvalue weighted by Gasteiger charge is -2.35. The van der Waals surface area contributed by atoms with Crippen molar-refractivity contribution in [3.63, 3.8) is 0 Å². The number of phenols is 1. The minimum Gasteiger partial charge on any atom is -0.506 e. The molecule has 28 heavy (non-hydrogen) atoms. The highest BCUT2D eigenvalue weighted by molar-refractivity contribution is 7.12. The van der Waals surface area contributed by atoms with Crippen molar-refractivity contribution >= 4 is 34.9 Å². The molecular weight excluding hydrogens is 380 g/mol. The van der Waals surface area contributed by atoms with Crippen LogP contribution in [0.3, 0.4) is 0 Å². The summed E-state index contributed by atoms with van der Waals surface area (Å²) in [4.78, 5) is 33.0. The third kappa shape index (κ3) is 3.70. The van der Waals surface area contributed by atoms with Crippen molar-refractivity contribution in [1.29, 1.82) is 0 Å². The van der Waals surface area contributed by atoms with Gasteiger partial charge >= 0.3 is 6.01 Å². The molecule has 0 atom stereocenters. The first-order chi connectivity index (χ1) is 13.6. The van der Waals surface area contributed by atoms with Crippen LogP contribution in [-0.4, -0.2) is 53.0 Å². The molecule has 3 aromatic rings. The Hall–Kier alpha value is -3.33. The van der Waals surface area contributed by atoms with Gasteiger partial charge in [0.05, 0.1) is 10.6 Å². The largest absolute Gasteiger partial charge is 0.506 e. The predicted octanol–water partition coefficient (Wildman–Crippen LogP) is 2.66. The SMILES string of the molecule is O=C(Nc1nc(C(=O)N2CCN(c3ccccc3O)CC2)co1)c1cccs1. The molecule has 2 N–H and O–H groups in total. The monoisotopic (exact) mass is 398 g/mol. The molecule has 2 amide bonds. The molecule has 4 rings (SSSR count). The molecule has 2 aromatic heterocycles. The van der Waals surface area contributed by atoms with Crippen LogP contribution in [0, 0.1) is 0 Å². The summed E-state index contributed by atoms with van der Waals surface area (Å²) in [5.41, 5.74) is 0.909. The first-order valence-electron chi connectivity index (χ1n) is 8.74. The summed E-state index contributed by atoms with van der Waals surface area (Å²) in [5.74, 6) is -0.352. The van der Waals surface area contributed by atoms with Gasteiger partial charge in [-0.05, 0) is 23.6 Å². The Bertz CT molecular complexity index is 978. The second-order valence-corrected chi connectivity index (χ2v) is 7.18. The number of amides is 2. The van der Waals surface area contributed by atoms with E-state index in [-0.39, 0.29) is 29.3 Å². The number of carbonyl (C=O) groups excluding carboxylic acids is 2. The van der Waals surface area contributed by atoms with Gasteiger partial charge in [-0.3, -0.25) is 14.9 Å². The fourth-order valence-corrected chi connectivity index (χ4v) is 3.66. The molecule has 0 aliphatic carbocycles. The van der Waals surface area contributed by atoms with E-state index in [1.807, 2.05) is 17.0 Å². The van der Waals surface area contributed by atoms with Crippen LogP contribution >= 0.6 is 11.3 Å². The van der Waals surface area contributed by atoms with Gasteiger partial charge in [-0.1, -0.05) is 18.2 Å². The second-order valence-electron chi connectivity index (χ2n) is 6.24. The number of nitrogens with one attached hydrogen (secondary N) is 1. The first kappa shape index (κ1) is 18.1. The van der Waals surface area contributed by atoms with E-state index in [1.54, 1.807) is 34.5 Å². The molecule has 3 heterocycles. The lowest BCUT2D eigenvalue weighted by Crippen LogP contribution is -2.48. The van der Waals surface area contributed by atoms with Crippen LogP contribution in [0.15, 0.2) is 52.5 Å². The summed E-state index contributed by atoms with van der Waals surface area (Å²) in [5, 5.41) is 14.3. The number of carbonyl (C=O) groups is 2. The lowest BCUT2D eigenvalue weighted by molar-refractivity contribution is 0.0740. The molecule has 0 spiro atoms. The number of oxazole rings is 1. The van der Waals surface area contributed by atoms with Crippen LogP contribution in [0.5, 0.6) is 5.75 Å². The lowest BCUT2D eigenvalue weighted by atomic mass is 10.2. The van der Waals surface area contributed by atoms with E-state index in [0.717, 1.165) is 5.69 Å². The van der Waals surface area contributed by atoms with Gasteiger partial charge in [0.1, 0.15) is 12.0 Å². The summed E-state index contributed by atoms with van der Waals surface area (Å²) in [6, 6.07) is 10.6. The number of aromatic hydroxyl groups is 1. The number of nitrogens with zero attached hydrogens (tertiary/aromatic N) is 3. The quantitative estimate of drug-likeness (QED) is 0.701. The zero-order valence-electron chi connectivity index (χ0n) is 14.9. The highest BCUT2D eigenvalue weighted by Gasteiger charge is 2.25. The Morgan fingerprint density at radius 2 is 1.89 bits per heavy atom. The van der Waals surface area contributed by atoms with Crippen LogP contribution in [0.4, 0.5) is 11.7 Å². The number of piperazine rings is 1. The number of rotatable bonds is 4. The molecule has 8 nitrogen and oxygen atoms in total. The standard InChI is InChI=1S/C19H18N4O4S/c24-15-5-2-1-4-14(15)22-7-9-23(10-8-22)18(26)13-12-27-19(20-13)21-17(25)16-6-3-11-28-16/h1-6,11-12,24H,7-10H2,(H,20,21,25). The van der Waals surface area contributed by atoms with Crippen LogP contribution < -0.4 is 10.2 Å². The fraction of sp³-hybridized carbons (Fsp3) is 0.211. The molecule has 0 unspecified atom stereocenters. The maximum Gasteiger partial charge on any atom is 0.302 e. The Morgan fingerprint density at radius 1 is 1.11 bits per heavy atom. The van der Waals surface area contributed by atoms with Gasteiger partial charge in [-0.15, -0.1) is 11.3 Å². The van der Waals surface area contributed by atoms with E-state index in [9.17, 15) is 14.7 Å². The van der Waals surface area contributed by atoms with E-state index in [4.69, 9.17) is 4.42 Å². The Kier molecular flexibility index (Phi) is 4.98. The van der Waals surface area contributed by atoms with E-state index in [2.05, 4.69) is 10.3 Å².